The molecule has 1 rings (SSSR count). The van der Waals surface area contributed by atoms with Crippen LogP contribution in [-0.4, -0.2) is 39.6 Å². The van der Waals surface area contributed by atoms with Crippen LogP contribution in [0.1, 0.15) is 5.56 Å². The zero-order valence-corrected chi connectivity index (χ0v) is 11.4. The largest absolute Gasteiger partial charge is 0.491 e. The normalized spacial score (nSPS) is 10.6. The molecular weight excluding hydrogens is 254 g/mol. The lowest BCUT2D eigenvalue weighted by atomic mass is 10.2. The molecule has 1 aromatic carbocycles. The lowest BCUT2D eigenvalue weighted by molar-refractivity contribution is 0.0388. The molecule has 0 aromatic heterocycles. The average Bonchev–Trinajstić information content (AvgIpc) is 2.37. The van der Waals surface area contributed by atoms with E-state index >= 15 is 0 Å². The van der Waals surface area contributed by atoms with Crippen LogP contribution in [0.5, 0.6) is 5.75 Å². The molecule has 0 fully saturated rings. The molecule has 0 aliphatic carbocycles. The van der Waals surface area contributed by atoms with E-state index in [-0.39, 0.29) is 0 Å². The van der Waals surface area contributed by atoms with E-state index in [1.165, 1.54) is 0 Å². The summed E-state index contributed by atoms with van der Waals surface area (Å²) >= 11 is 5.92. The second-order valence-corrected chi connectivity index (χ2v) is 4.18. The van der Waals surface area contributed by atoms with Crippen molar-refractivity contribution in [2.75, 3.05) is 39.6 Å². The fraction of sp³-hybridized carbons (Fsp3) is 0.538. The minimum Gasteiger partial charge on any atom is -0.491 e. The van der Waals surface area contributed by atoms with Gasteiger partial charge in [0.2, 0.25) is 0 Å². The standard InChI is InChI=1S/C13H20ClNO3/c1-11-10-12(2-3-13(11)14)18-9-8-17-7-6-16-5-4-15/h2-3,10H,4-9,15H2,1H3. The zero-order chi connectivity index (χ0) is 13.2. The zero-order valence-electron chi connectivity index (χ0n) is 10.7. The Labute approximate surface area is 113 Å². The minimum absolute atomic E-state index is 0.512. The third kappa shape index (κ3) is 6.21. The number of hydrogen-bond donors (Lipinski definition) is 1. The van der Waals surface area contributed by atoms with Gasteiger partial charge in [-0.25, -0.2) is 0 Å². The molecule has 0 unspecified atom stereocenters. The summed E-state index contributed by atoms with van der Waals surface area (Å²) in [5, 5.41) is 0.746. The number of halogens is 1. The van der Waals surface area contributed by atoms with Crippen LogP contribution < -0.4 is 10.5 Å². The number of aryl methyl sites for hydroxylation is 1. The number of nitrogens with two attached hydrogens (primary N) is 1. The van der Waals surface area contributed by atoms with E-state index in [1.807, 2.05) is 25.1 Å². The Balaban J connectivity index is 2.05. The number of hydrogen-bond acceptors (Lipinski definition) is 4. The van der Waals surface area contributed by atoms with E-state index in [1.54, 1.807) is 0 Å². The smallest absolute Gasteiger partial charge is 0.119 e. The number of ether oxygens (including phenoxy) is 3. The summed E-state index contributed by atoms with van der Waals surface area (Å²) < 4.78 is 16.0. The van der Waals surface area contributed by atoms with Crippen molar-refractivity contribution in [3.63, 3.8) is 0 Å². The molecule has 0 amide bonds. The van der Waals surface area contributed by atoms with E-state index in [0.29, 0.717) is 39.6 Å². The van der Waals surface area contributed by atoms with E-state index < -0.39 is 0 Å². The maximum atomic E-state index is 5.92. The predicted molar refractivity (Wildman–Crippen MR) is 72.4 cm³/mol. The quantitative estimate of drug-likeness (QED) is 0.700. The highest BCUT2D eigenvalue weighted by Gasteiger charge is 1.98. The van der Waals surface area contributed by atoms with Crippen molar-refractivity contribution in [1.29, 1.82) is 0 Å². The highest BCUT2D eigenvalue weighted by molar-refractivity contribution is 6.31. The Morgan fingerprint density at radius 3 is 2.39 bits per heavy atom. The van der Waals surface area contributed by atoms with Gasteiger partial charge in [0.1, 0.15) is 12.4 Å². The van der Waals surface area contributed by atoms with Crippen LogP contribution in [0.2, 0.25) is 5.02 Å². The molecule has 102 valence electrons. The van der Waals surface area contributed by atoms with Crippen molar-refractivity contribution in [3.05, 3.63) is 28.8 Å². The van der Waals surface area contributed by atoms with Crippen LogP contribution in [0.4, 0.5) is 0 Å². The summed E-state index contributed by atoms with van der Waals surface area (Å²) in [5.41, 5.74) is 6.29. The number of rotatable bonds is 9. The molecule has 0 saturated carbocycles. The second-order valence-electron chi connectivity index (χ2n) is 3.77. The first-order valence-corrected chi connectivity index (χ1v) is 6.36. The molecule has 5 heteroatoms. The maximum absolute atomic E-state index is 5.92. The van der Waals surface area contributed by atoms with Gasteiger partial charge in [-0.1, -0.05) is 11.6 Å². The van der Waals surface area contributed by atoms with Gasteiger partial charge in [0.05, 0.1) is 26.4 Å². The molecule has 0 heterocycles. The fourth-order valence-electron chi connectivity index (χ4n) is 1.33. The van der Waals surface area contributed by atoms with Crippen molar-refractivity contribution in [2.24, 2.45) is 5.73 Å². The summed E-state index contributed by atoms with van der Waals surface area (Å²) in [7, 11) is 0. The molecule has 0 spiro atoms. The van der Waals surface area contributed by atoms with Crippen molar-refractivity contribution >= 4 is 11.6 Å². The summed E-state index contributed by atoms with van der Waals surface area (Å²) in [5.74, 6) is 0.805. The molecule has 0 radical (unpaired) electrons. The Morgan fingerprint density at radius 2 is 1.72 bits per heavy atom. The topological polar surface area (TPSA) is 53.7 Å². The van der Waals surface area contributed by atoms with Crippen molar-refractivity contribution < 1.29 is 14.2 Å². The Morgan fingerprint density at radius 1 is 1.06 bits per heavy atom. The molecule has 0 bridgehead atoms. The van der Waals surface area contributed by atoms with Gasteiger partial charge in [-0.3, -0.25) is 0 Å². The molecule has 0 saturated heterocycles. The van der Waals surface area contributed by atoms with Crippen LogP contribution in [0.3, 0.4) is 0 Å². The van der Waals surface area contributed by atoms with E-state index in [4.69, 9.17) is 31.5 Å². The van der Waals surface area contributed by atoms with Crippen molar-refractivity contribution in [1.82, 2.24) is 0 Å². The summed E-state index contributed by atoms with van der Waals surface area (Å²) in [6.07, 6.45) is 0. The lowest BCUT2D eigenvalue weighted by Gasteiger charge is -2.08. The van der Waals surface area contributed by atoms with Crippen LogP contribution in [0.15, 0.2) is 18.2 Å². The first-order valence-electron chi connectivity index (χ1n) is 5.98. The first kappa shape index (κ1) is 15.2. The first-order chi connectivity index (χ1) is 8.74. The highest BCUT2D eigenvalue weighted by Crippen LogP contribution is 2.20. The lowest BCUT2D eigenvalue weighted by Crippen LogP contribution is -2.14. The van der Waals surface area contributed by atoms with Gasteiger partial charge in [0.15, 0.2) is 0 Å². The van der Waals surface area contributed by atoms with E-state index in [2.05, 4.69) is 0 Å². The van der Waals surface area contributed by atoms with Gasteiger partial charge in [-0.2, -0.15) is 0 Å². The predicted octanol–water partition coefficient (Wildman–Crippen LogP) is 2.02. The monoisotopic (exact) mass is 273 g/mol. The molecule has 0 aliphatic heterocycles. The van der Waals surface area contributed by atoms with Gasteiger partial charge >= 0.3 is 0 Å². The van der Waals surface area contributed by atoms with Crippen LogP contribution in [0.25, 0.3) is 0 Å². The molecule has 2 N–H and O–H groups in total. The Bertz CT molecular complexity index is 347. The van der Waals surface area contributed by atoms with Gasteiger partial charge in [0.25, 0.3) is 0 Å². The molecule has 1 aromatic rings. The second kappa shape index (κ2) is 9.16. The van der Waals surface area contributed by atoms with Crippen molar-refractivity contribution in [2.45, 2.75) is 6.92 Å². The molecule has 0 aliphatic rings. The third-order valence-corrected chi connectivity index (χ3v) is 2.68. The van der Waals surface area contributed by atoms with Gasteiger partial charge in [-0.05, 0) is 30.7 Å². The molecule has 0 atom stereocenters. The van der Waals surface area contributed by atoms with Gasteiger partial charge < -0.3 is 19.9 Å². The summed E-state index contributed by atoms with van der Waals surface area (Å²) in [6, 6.07) is 5.58. The van der Waals surface area contributed by atoms with Crippen molar-refractivity contribution in [3.8, 4) is 5.75 Å². The maximum Gasteiger partial charge on any atom is 0.119 e. The third-order valence-electron chi connectivity index (χ3n) is 2.26. The van der Waals surface area contributed by atoms with Crippen LogP contribution >= 0.6 is 11.6 Å². The molecular formula is C13H20ClNO3. The van der Waals surface area contributed by atoms with Gasteiger partial charge in [0, 0.05) is 11.6 Å². The highest BCUT2D eigenvalue weighted by atomic mass is 35.5. The summed E-state index contributed by atoms with van der Waals surface area (Å²) in [6.45, 7) is 5.23. The van der Waals surface area contributed by atoms with Gasteiger partial charge in [-0.15, -0.1) is 0 Å². The number of benzene rings is 1. The van der Waals surface area contributed by atoms with Crippen LogP contribution in [0, 0.1) is 6.92 Å². The van der Waals surface area contributed by atoms with Crippen LogP contribution in [-0.2, 0) is 9.47 Å². The average molecular weight is 274 g/mol. The Kier molecular flexibility index (Phi) is 7.76. The fourth-order valence-corrected chi connectivity index (χ4v) is 1.45. The molecule has 18 heavy (non-hydrogen) atoms. The minimum atomic E-state index is 0.512. The van der Waals surface area contributed by atoms with E-state index in [0.717, 1.165) is 16.3 Å². The molecule has 4 nitrogen and oxygen atoms in total. The van der Waals surface area contributed by atoms with E-state index in [9.17, 15) is 0 Å². The SMILES string of the molecule is Cc1cc(OCCOCCOCCN)ccc1Cl. The summed E-state index contributed by atoms with van der Waals surface area (Å²) in [4.78, 5) is 0. The Hall–Kier alpha value is -0.810.